The van der Waals surface area contributed by atoms with E-state index in [0.29, 0.717) is 11.6 Å². The maximum Gasteiger partial charge on any atom is 0.240 e. The Labute approximate surface area is 118 Å². The summed E-state index contributed by atoms with van der Waals surface area (Å²) in [5.74, 6) is 0.201. The first-order chi connectivity index (χ1) is 8.36. The Kier molecular flexibility index (Phi) is 5.88. The van der Waals surface area contributed by atoms with Gasteiger partial charge in [0.25, 0.3) is 0 Å². The van der Waals surface area contributed by atoms with Crippen LogP contribution in [-0.4, -0.2) is 28.6 Å². The summed E-state index contributed by atoms with van der Waals surface area (Å²) in [7, 11) is -1.71. The first kappa shape index (κ1) is 15.7. The molecule has 0 aromatic heterocycles. The van der Waals surface area contributed by atoms with Crippen LogP contribution in [0.4, 0.5) is 0 Å². The molecular weight excluding hydrogens is 295 g/mol. The SMILES string of the molecule is CNCC(C)CNS(=O)(=O)c1ccc(Cl)c(Cl)c1. The van der Waals surface area contributed by atoms with Crippen LogP contribution in [0.2, 0.25) is 10.0 Å². The van der Waals surface area contributed by atoms with E-state index in [1.54, 1.807) is 0 Å². The van der Waals surface area contributed by atoms with Crippen LogP contribution >= 0.6 is 23.2 Å². The fourth-order valence-corrected chi connectivity index (χ4v) is 2.95. The standard InChI is InChI=1S/C11H16Cl2N2O2S/c1-8(6-14-2)7-15-18(16,17)9-3-4-10(12)11(13)5-9/h3-5,8,14-15H,6-7H2,1-2H3. The van der Waals surface area contributed by atoms with E-state index >= 15 is 0 Å². The number of rotatable bonds is 6. The van der Waals surface area contributed by atoms with Crippen LogP contribution in [0.3, 0.4) is 0 Å². The summed E-state index contributed by atoms with van der Waals surface area (Å²) in [5, 5.41) is 3.54. The molecule has 0 aliphatic carbocycles. The summed E-state index contributed by atoms with van der Waals surface area (Å²) in [5.41, 5.74) is 0. The van der Waals surface area contributed by atoms with Gasteiger partial charge >= 0.3 is 0 Å². The summed E-state index contributed by atoms with van der Waals surface area (Å²) in [6.45, 7) is 3.06. The van der Waals surface area contributed by atoms with Crippen molar-refractivity contribution < 1.29 is 8.42 Å². The molecule has 2 N–H and O–H groups in total. The average Bonchev–Trinajstić information content (AvgIpc) is 2.30. The Hall–Kier alpha value is -0.330. The Morgan fingerprint density at radius 1 is 1.22 bits per heavy atom. The van der Waals surface area contributed by atoms with E-state index in [1.165, 1.54) is 18.2 Å². The topological polar surface area (TPSA) is 58.2 Å². The van der Waals surface area contributed by atoms with Gasteiger partial charge in [0.15, 0.2) is 0 Å². The minimum absolute atomic E-state index is 0.119. The van der Waals surface area contributed by atoms with Crippen LogP contribution in [0.25, 0.3) is 0 Å². The monoisotopic (exact) mass is 310 g/mol. The minimum Gasteiger partial charge on any atom is -0.319 e. The number of nitrogens with one attached hydrogen (secondary N) is 2. The largest absolute Gasteiger partial charge is 0.319 e. The van der Waals surface area contributed by atoms with Crippen LogP contribution in [-0.2, 0) is 10.0 Å². The van der Waals surface area contributed by atoms with E-state index in [-0.39, 0.29) is 15.8 Å². The fraction of sp³-hybridized carbons (Fsp3) is 0.455. The van der Waals surface area contributed by atoms with Crippen molar-refractivity contribution >= 4 is 33.2 Å². The van der Waals surface area contributed by atoms with Gasteiger partial charge in [-0.2, -0.15) is 0 Å². The Balaban J connectivity index is 2.77. The van der Waals surface area contributed by atoms with E-state index in [4.69, 9.17) is 23.2 Å². The van der Waals surface area contributed by atoms with Gasteiger partial charge in [0.05, 0.1) is 14.9 Å². The highest BCUT2D eigenvalue weighted by molar-refractivity contribution is 7.89. The third-order valence-corrected chi connectivity index (χ3v) is 4.54. The van der Waals surface area contributed by atoms with Crippen LogP contribution in [0.15, 0.2) is 23.1 Å². The van der Waals surface area contributed by atoms with Gasteiger partial charge in [-0.25, -0.2) is 13.1 Å². The van der Waals surface area contributed by atoms with Crippen molar-refractivity contribution in [2.75, 3.05) is 20.1 Å². The zero-order valence-corrected chi connectivity index (χ0v) is 12.5. The van der Waals surface area contributed by atoms with Gasteiger partial charge in [0.2, 0.25) is 10.0 Å². The number of sulfonamides is 1. The first-order valence-corrected chi connectivity index (χ1v) is 7.70. The molecule has 102 valence electrons. The molecule has 1 atom stereocenters. The zero-order valence-electron chi connectivity index (χ0n) is 10.2. The molecule has 0 saturated heterocycles. The third-order valence-electron chi connectivity index (χ3n) is 2.38. The van der Waals surface area contributed by atoms with Gasteiger partial charge in [0, 0.05) is 6.54 Å². The lowest BCUT2D eigenvalue weighted by Crippen LogP contribution is -2.32. The van der Waals surface area contributed by atoms with Crippen LogP contribution in [0.1, 0.15) is 6.92 Å². The molecule has 0 spiro atoms. The lowest BCUT2D eigenvalue weighted by molar-refractivity contribution is 0.519. The van der Waals surface area contributed by atoms with Gasteiger partial charge in [-0.1, -0.05) is 30.1 Å². The Morgan fingerprint density at radius 3 is 2.44 bits per heavy atom. The highest BCUT2D eigenvalue weighted by Crippen LogP contribution is 2.24. The molecule has 0 saturated carbocycles. The van der Waals surface area contributed by atoms with Crippen molar-refractivity contribution in [1.82, 2.24) is 10.0 Å². The van der Waals surface area contributed by atoms with Gasteiger partial charge in [-0.3, -0.25) is 0 Å². The van der Waals surface area contributed by atoms with Crippen molar-refractivity contribution in [3.05, 3.63) is 28.2 Å². The van der Waals surface area contributed by atoms with Crippen molar-refractivity contribution in [3.8, 4) is 0 Å². The predicted octanol–water partition coefficient (Wildman–Crippen LogP) is 2.13. The van der Waals surface area contributed by atoms with Crippen LogP contribution in [0.5, 0.6) is 0 Å². The summed E-state index contributed by atoms with van der Waals surface area (Å²) >= 11 is 11.5. The molecule has 0 heterocycles. The number of benzene rings is 1. The zero-order chi connectivity index (χ0) is 13.8. The quantitative estimate of drug-likeness (QED) is 0.846. The van der Waals surface area contributed by atoms with Crippen molar-refractivity contribution in [2.24, 2.45) is 5.92 Å². The van der Waals surface area contributed by atoms with Crippen molar-refractivity contribution in [2.45, 2.75) is 11.8 Å². The van der Waals surface area contributed by atoms with E-state index in [9.17, 15) is 8.42 Å². The predicted molar refractivity (Wildman–Crippen MR) is 74.7 cm³/mol. The molecular formula is C11H16Cl2N2O2S. The molecule has 4 nitrogen and oxygen atoms in total. The molecule has 0 aliphatic heterocycles. The summed E-state index contributed by atoms with van der Waals surface area (Å²) in [6, 6.07) is 4.24. The summed E-state index contributed by atoms with van der Waals surface area (Å²) < 4.78 is 26.5. The number of hydrogen-bond donors (Lipinski definition) is 2. The molecule has 1 aromatic rings. The normalized spacial score (nSPS) is 13.6. The first-order valence-electron chi connectivity index (χ1n) is 5.46. The smallest absolute Gasteiger partial charge is 0.240 e. The molecule has 0 amide bonds. The summed E-state index contributed by atoms with van der Waals surface area (Å²) in [4.78, 5) is 0.119. The highest BCUT2D eigenvalue weighted by Gasteiger charge is 2.16. The molecule has 18 heavy (non-hydrogen) atoms. The lowest BCUT2D eigenvalue weighted by atomic mass is 10.2. The summed E-state index contributed by atoms with van der Waals surface area (Å²) in [6.07, 6.45) is 0. The molecule has 0 radical (unpaired) electrons. The minimum atomic E-state index is -3.53. The van der Waals surface area contributed by atoms with E-state index in [0.717, 1.165) is 6.54 Å². The van der Waals surface area contributed by atoms with E-state index < -0.39 is 10.0 Å². The molecule has 1 unspecified atom stereocenters. The highest BCUT2D eigenvalue weighted by atomic mass is 35.5. The maximum atomic E-state index is 12.0. The molecule has 0 bridgehead atoms. The van der Waals surface area contributed by atoms with Crippen molar-refractivity contribution in [1.29, 1.82) is 0 Å². The van der Waals surface area contributed by atoms with Crippen molar-refractivity contribution in [3.63, 3.8) is 0 Å². The molecule has 7 heteroatoms. The van der Waals surface area contributed by atoms with Gasteiger partial charge in [-0.15, -0.1) is 0 Å². The molecule has 0 aliphatic rings. The third kappa shape index (κ3) is 4.40. The lowest BCUT2D eigenvalue weighted by Gasteiger charge is -2.12. The molecule has 0 fully saturated rings. The van der Waals surface area contributed by atoms with E-state index in [2.05, 4.69) is 10.0 Å². The maximum absolute atomic E-state index is 12.0. The van der Waals surface area contributed by atoms with E-state index in [1.807, 2.05) is 14.0 Å². The van der Waals surface area contributed by atoms with Crippen LogP contribution in [0, 0.1) is 5.92 Å². The second kappa shape index (κ2) is 6.73. The van der Waals surface area contributed by atoms with Gasteiger partial charge in [-0.05, 0) is 37.7 Å². The van der Waals surface area contributed by atoms with Crippen LogP contribution < -0.4 is 10.0 Å². The second-order valence-corrected chi connectivity index (χ2v) is 6.67. The molecule has 1 rings (SSSR count). The van der Waals surface area contributed by atoms with Gasteiger partial charge < -0.3 is 5.32 Å². The average molecular weight is 311 g/mol. The van der Waals surface area contributed by atoms with Gasteiger partial charge in [0.1, 0.15) is 0 Å². The second-order valence-electron chi connectivity index (χ2n) is 4.09. The number of hydrogen-bond acceptors (Lipinski definition) is 3. The fourth-order valence-electron chi connectivity index (χ4n) is 1.40. The Morgan fingerprint density at radius 2 is 1.89 bits per heavy atom. The Bertz CT molecular complexity index is 506. The number of halogens is 2. The molecule has 1 aromatic carbocycles.